The molecule has 32 heavy (non-hydrogen) atoms. The lowest BCUT2D eigenvalue weighted by atomic mass is 9.82. The summed E-state index contributed by atoms with van der Waals surface area (Å²) in [5.74, 6) is 1.11. The Balaban J connectivity index is 1.46. The monoisotopic (exact) mass is 435 g/mol. The lowest BCUT2D eigenvalue weighted by Crippen LogP contribution is -2.54. The maximum Gasteiger partial charge on any atom is 0.276 e. The number of nitrogens with zero attached hydrogens (tertiary/aromatic N) is 5. The molecule has 8 heteroatoms. The summed E-state index contributed by atoms with van der Waals surface area (Å²) in [4.78, 5) is 26.0. The van der Waals surface area contributed by atoms with Crippen molar-refractivity contribution in [2.45, 2.75) is 64.0 Å². The minimum absolute atomic E-state index is 0.0289. The average Bonchev–Trinajstić information content (AvgIpc) is 3.38. The van der Waals surface area contributed by atoms with Crippen molar-refractivity contribution in [3.05, 3.63) is 40.7 Å². The molecular weight excluding hydrogens is 406 g/mol. The van der Waals surface area contributed by atoms with Gasteiger partial charge in [-0.2, -0.15) is 5.26 Å². The van der Waals surface area contributed by atoms with Crippen molar-refractivity contribution >= 4 is 11.7 Å². The smallest absolute Gasteiger partial charge is 0.276 e. The first-order valence-electron chi connectivity index (χ1n) is 11.6. The Morgan fingerprint density at radius 2 is 2.06 bits per heavy atom. The van der Waals surface area contributed by atoms with Gasteiger partial charge in [-0.05, 0) is 31.7 Å². The molecule has 0 bridgehead atoms. The van der Waals surface area contributed by atoms with Gasteiger partial charge in [0.25, 0.3) is 5.91 Å². The summed E-state index contributed by atoms with van der Waals surface area (Å²) in [6.45, 7) is 5.05. The summed E-state index contributed by atoms with van der Waals surface area (Å²) in [5, 5.41) is 10.1. The molecule has 1 aliphatic carbocycles. The van der Waals surface area contributed by atoms with Crippen molar-refractivity contribution < 1.29 is 13.9 Å². The number of oxazole rings is 1. The van der Waals surface area contributed by atoms with Crippen LogP contribution in [0.5, 0.6) is 0 Å². The van der Waals surface area contributed by atoms with E-state index in [0.29, 0.717) is 50.0 Å². The predicted molar refractivity (Wildman–Crippen MR) is 117 cm³/mol. The van der Waals surface area contributed by atoms with Gasteiger partial charge in [-0.3, -0.25) is 4.79 Å². The highest BCUT2D eigenvalue weighted by molar-refractivity contribution is 5.92. The number of hydrogen-bond donors (Lipinski definition) is 0. The van der Waals surface area contributed by atoms with Gasteiger partial charge in [0.2, 0.25) is 0 Å². The number of carbonyl (C=O) groups is 1. The largest absolute Gasteiger partial charge is 0.451 e. The quantitative estimate of drug-likeness (QED) is 0.729. The van der Waals surface area contributed by atoms with Crippen molar-refractivity contribution in [3.63, 3.8) is 0 Å². The standard InChI is InChI=1S/C24H29N5O3/c1-16-12-28(8-9-29(16)24(30)21-14-32-15-26-21)23-19(11-25)18-7-10-31-13-20(18)22(27-23)17-5-3-2-4-6-17/h14-17H,2-10,12-13H2,1H3. The molecule has 1 saturated carbocycles. The zero-order valence-electron chi connectivity index (χ0n) is 18.5. The van der Waals surface area contributed by atoms with E-state index in [9.17, 15) is 10.1 Å². The summed E-state index contributed by atoms with van der Waals surface area (Å²) < 4.78 is 10.8. The summed E-state index contributed by atoms with van der Waals surface area (Å²) in [7, 11) is 0. The highest BCUT2D eigenvalue weighted by atomic mass is 16.5. The number of fused-ring (bicyclic) bond motifs is 1. The molecule has 168 valence electrons. The molecular formula is C24H29N5O3. The molecule has 2 aromatic heterocycles. The molecule has 1 saturated heterocycles. The Kier molecular flexibility index (Phi) is 5.83. The zero-order valence-corrected chi connectivity index (χ0v) is 18.5. The maximum atomic E-state index is 12.8. The van der Waals surface area contributed by atoms with E-state index in [4.69, 9.17) is 14.1 Å². The van der Waals surface area contributed by atoms with Crippen LogP contribution in [0.1, 0.15) is 77.8 Å². The minimum Gasteiger partial charge on any atom is -0.451 e. The van der Waals surface area contributed by atoms with Crippen molar-refractivity contribution in [2.75, 3.05) is 31.1 Å². The molecule has 1 unspecified atom stereocenters. The molecule has 3 aliphatic rings. The van der Waals surface area contributed by atoms with Gasteiger partial charge < -0.3 is 19.0 Å². The molecule has 2 aliphatic heterocycles. The number of rotatable bonds is 3. The maximum absolute atomic E-state index is 12.8. The summed E-state index contributed by atoms with van der Waals surface area (Å²) >= 11 is 0. The SMILES string of the molecule is CC1CN(c2nc(C3CCCCC3)c3c(c2C#N)CCOC3)CCN1C(=O)c1cocn1. The first-order chi connectivity index (χ1) is 15.7. The fraction of sp³-hybridized carbons (Fsp3) is 0.583. The first kappa shape index (κ1) is 21.0. The average molecular weight is 436 g/mol. The lowest BCUT2D eigenvalue weighted by molar-refractivity contribution is 0.0667. The number of pyridine rings is 1. The van der Waals surface area contributed by atoms with Crippen molar-refractivity contribution in [3.8, 4) is 6.07 Å². The van der Waals surface area contributed by atoms with E-state index in [0.717, 1.165) is 41.9 Å². The van der Waals surface area contributed by atoms with Crippen LogP contribution in [-0.4, -0.2) is 53.1 Å². The molecule has 2 aromatic rings. The van der Waals surface area contributed by atoms with Gasteiger partial charge in [-0.15, -0.1) is 0 Å². The fourth-order valence-electron chi connectivity index (χ4n) is 5.44. The van der Waals surface area contributed by atoms with E-state index in [1.807, 2.05) is 11.8 Å². The van der Waals surface area contributed by atoms with E-state index in [2.05, 4.69) is 16.0 Å². The summed E-state index contributed by atoms with van der Waals surface area (Å²) in [6, 6.07) is 2.43. The van der Waals surface area contributed by atoms with Gasteiger partial charge in [-0.25, -0.2) is 9.97 Å². The first-order valence-corrected chi connectivity index (χ1v) is 11.6. The van der Waals surface area contributed by atoms with Crippen LogP contribution in [0.25, 0.3) is 0 Å². The molecule has 0 N–H and O–H groups in total. The van der Waals surface area contributed by atoms with E-state index < -0.39 is 0 Å². The lowest BCUT2D eigenvalue weighted by Gasteiger charge is -2.41. The second-order valence-corrected chi connectivity index (χ2v) is 9.07. The molecule has 5 rings (SSSR count). The number of aromatic nitrogens is 2. The van der Waals surface area contributed by atoms with Gasteiger partial charge in [0, 0.05) is 37.2 Å². The molecule has 1 atom stereocenters. The minimum atomic E-state index is -0.121. The Labute approximate surface area is 188 Å². The number of piperazine rings is 1. The molecule has 8 nitrogen and oxygen atoms in total. The predicted octanol–water partition coefficient (Wildman–Crippen LogP) is 3.41. The molecule has 0 radical (unpaired) electrons. The Morgan fingerprint density at radius 3 is 2.78 bits per heavy atom. The molecule has 0 spiro atoms. The van der Waals surface area contributed by atoms with Gasteiger partial charge in [-0.1, -0.05) is 19.3 Å². The number of hydrogen-bond acceptors (Lipinski definition) is 7. The molecule has 0 aromatic carbocycles. The topological polar surface area (TPSA) is 95.5 Å². The number of ether oxygens (including phenoxy) is 1. The third kappa shape index (κ3) is 3.75. The van der Waals surface area contributed by atoms with Crippen molar-refractivity contribution in [1.29, 1.82) is 5.26 Å². The highest BCUT2D eigenvalue weighted by Crippen LogP contribution is 2.39. The summed E-state index contributed by atoms with van der Waals surface area (Å²) in [5.41, 5.74) is 4.43. The van der Waals surface area contributed by atoms with E-state index in [1.54, 1.807) is 0 Å². The normalized spacial score (nSPS) is 21.8. The third-order valence-corrected chi connectivity index (χ3v) is 7.11. The second kappa shape index (κ2) is 8.91. The van der Waals surface area contributed by atoms with E-state index in [-0.39, 0.29) is 11.9 Å². The Hall–Kier alpha value is -2.92. The number of amides is 1. The van der Waals surface area contributed by atoms with Gasteiger partial charge >= 0.3 is 0 Å². The molecule has 1 amide bonds. The van der Waals surface area contributed by atoms with E-state index in [1.165, 1.54) is 31.9 Å². The second-order valence-electron chi connectivity index (χ2n) is 9.07. The van der Waals surface area contributed by atoms with Crippen LogP contribution in [-0.2, 0) is 17.8 Å². The van der Waals surface area contributed by atoms with Crippen molar-refractivity contribution in [2.24, 2.45) is 0 Å². The highest BCUT2D eigenvalue weighted by Gasteiger charge is 2.34. The fourth-order valence-corrected chi connectivity index (χ4v) is 5.44. The number of nitriles is 1. The zero-order chi connectivity index (χ0) is 22.1. The number of anilines is 1. The summed E-state index contributed by atoms with van der Waals surface area (Å²) in [6.07, 6.45) is 9.49. The Morgan fingerprint density at radius 1 is 1.22 bits per heavy atom. The van der Waals surface area contributed by atoms with E-state index >= 15 is 0 Å². The van der Waals surface area contributed by atoms with Crippen LogP contribution in [0.4, 0.5) is 5.82 Å². The van der Waals surface area contributed by atoms with Crippen LogP contribution in [0.3, 0.4) is 0 Å². The van der Waals surface area contributed by atoms with Crippen LogP contribution in [0.15, 0.2) is 17.1 Å². The number of carbonyl (C=O) groups excluding carboxylic acids is 1. The van der Waals surface area contributed by atoms with Crippen LogP contribution < -0.4 is 4.90 Å². The van der Waals surface area contributed by atoms with Gasteiger partial charge in [0.1, 0.15) is 18.2 Å². The van der Waals surface area contributed by atoms with Gasteiger partial charge in [0.05, 0.1) is 24.5 Å². The Bertz CT molecular complexity index is 1020. The molecule has 4 heterocycles. The van der Waals surface area contributed by atoms with Crippen LogP contribution in [0, 0.1) is 11.3 Å². The third-order valence-electron chi connectivity index (χ3n) is 7.11. The van der Waals surface area contributed by atoms with Crippen LogP contribution in [0.2, 0.25) is 0 Å². The van der Waals surface area contributed by atoms with Gasteiger partial charge in [0.15, 0.2) is 12.1 Å². The van der Waals surface area contributed by atoms with Crippen molar-refractivity contribution in [1.82, 2.24) is 14.9 Å². The molecule has 2 fully saturated rings. The van der Waals surface area contributed by atoms with Crippen LogP contribution >= 0.6 is 0 Å².